The number of alkyl halides is 3. The zero-order valence-corrected chi connectivity index (χ0v) is 13.0. The van der Waals surface area contributed by atoms with E-state index in [1.165, 1.54) is 0 Å². The average molecular weight is 302 g/mol. The van der Waals surface area contributed by atoms with Crippen LogP contribution in [0.5, 0.6) is 0 Å². The topological polar surface area (TPSA) is 15.3 Å². The molecular weight excluding hydrogens is 277 g/mol. The summed E-state index contributed by atoms with van der Waals surface area (Å²) < 4.78 is 37.2. The molecule has 0 heterocycles. The van der Waals surface area contributed by atoms with E-state index in [1.807, 2.05) is 30.3 Å². The van der Waals surface area contributed by atoms with Crippen molar-refractivity contribution in [1.29, 1.82) is 0 Å². The third-order valence-electron chi connectivity index (χ3n) is 3.35. The molecule has 1 N–H and O–H groups in total. The summed E-state index contributed by atoms with van der Waals surface area (Å²) in [6, 6.07) is 9.63. The summed E-state index contributed by atoms with van der Waals surface area (Å²) >= 11 is 0. The van der Waals surface area contributed by atoms with Crippen LogP contribution in [0.2, 0.25) is 0 Å². The Morgan fingerprint density at radius 1 is 1.10 bits per heavy atom. The summed E-state index contributed by atoms with van der Waals surface area (Å²) in [5.74, 6) is 0.516. The van der Waals surface area contributed by atoms with E-state index in [2.05, 4.69) is 19.2 Å². The van der Waals surface area contributed by atoms with Crippen molar-refractivity contribution in [2.45, 2.75) is 32.5 Å². The molecule has 1 rings (SSSR count). The Bertz CT molecular complexity index is 390. The maximum atomic E-state index is 12.4. The summed E-state index contributed by atoms with van der Waals surface area (Å²) in [6.45, 7) is 5.73. The van der Waals surface area contributed by atoms with Gasteiger partial charge in [-0.05, 0) is 25.1 Å². The highest BCUT2D eigenvalue weighted by Gasteiger charge is 2.28. The van der Waals surface area contributed by atoms with E-state index < -0.39 is 12.6 Å². The van der Waals surface area contributed by atoms with Gasteiger partial charge in [0.25, 0.3) is 0 Å². The lowest BCUT2D eigenvalue weighted by atomic mass is 10.0. The lowest BCUT2D eigenvalue weighted by molar-refractivity contribution is -0.138. The normalized spacial score (nSPS) is 13.9. The molecule has 5 heteroatoms. The Hall–Kier alpha value is -1.07. The van der Waals surface area contributed by atoms with Gasteiger partial charge in [0.05, 0.1) is 6.42 Å². The minimum absolute atomic E-state index is 0.00637. The van der Waals surface area contributed by atoms with Crippen molar-refractivity contribution in [2.75, 3.05) is 26.7 Å². The van der Waals surface area contributed by atoms with Crippen LogP contribution >= 0.6 is 0 Å². The monoisotopic (exact) mass is 302 g/mol. The highest BCUT2D eigenvalue weighted by molar-refractivity contribution is 5.19. The van der Waals surface area contributed by atoms with Crippen molar-refractivity contribution in [2.24, 2.45) is 5.92 Å². The molecule has 1 aromatic rings. The smallest absolute Gasteiger partial charge is 0.315 e. The van der Waals surface area contributed by atoms with Crippen LogP contribution in [-0.2, 0) is 0 Å². The van der Waals surface area contributed by atoms with Crippen molar-refractivity contribution in [3.63, 3.8) is 0 Å². The summed E-state index contributed by atoms with van der Waals surface area (Å²) in [5, 5.41) is 3.34. The summed E-state index contributed by atoms with van der Waals surface area (Å²) in [5.41, 5.74) is 1.04. The molecule has 0 aromatic heterocycles. The number of benzene rings is 1. The van der Waals surface area contributed by atoms with Gasteiger partial charge in [-0.1, -0.05) is 44.2 Å². The molecule has 0 fully saturated rings. The van der Waals surface area contributed by atoms with Gasteiger partial charge >= 0.3 is 6.18 Å². The first-order valence-electron chi connectivity index (χ1n) is 7.32. The first kappa shape index (κ1) is 18.0. The van der Waals surface area contributed by atoms with Gasteiger partial charge in [0.15, 0.2) is 0 Å². The van der Waals surface area contributed by atoms with Gasteiger partial charge in [-0.3, -0.25) is 4.90 Å². The van der Waals surface area contributed by atoms with Crippen molar-refractivity contribution in [3.8, 4) is 0 Å². The van der Waals surface area contributed by atoms with Crippen LogP contribution in [0.1, 0.15) is 31.9 Å². The van der Waals surface area contributed by atoms with Crippen LogP contribution in [0.25, 0.3) is 0 Å². The molecule has 0 spiro atoms. The quantitative estimate of drug-likeness (QED) is 0.784. The minimum atomic E-state index is -4.11. The van der Waals surface area contributed by atoms with Crippen molar-refractivity contribution in [3.05, 3.63) is 35.9 Å². The molecule has 0 aliphatic rings. The third kappa shape index (κ3) is 7.48. The van der Waals surface area contributed by atoms with Gasteiger partial charge < -0.3 is 5.32 Å². The van der Waals surface area contributed by atoms with Crippen molar-refractivity contribution >= 4 is 0 Å². The van der Waals surface area contributed by atoms with E-state index in [-0.39, 0.29) is 12.6 Å². The van der Waals surface area contributed by atoms with E-state index in [4.69, 9.17) is 0 Å². The third-order valence-corrected chi connectivity index (χ3v) is 3.35. The molecule has 120 valence electrons. The van der Waals surface area contributed by atoms with E-state index in [9.17, 15) is 13.2 Å². The van der Waals surface area contributed by atoms with Gasteiger partial charge in [0, 0.05) is 19.1 Å². The molecule has 2 nitrogen and oxygen atoms in total. The maximum absolute atomic E-state index is 12.4. The summed E-state index contributed by atoms with van der Waals surface area (Å²) in [7, 11) is 1.75. The Morgan fingerprint density at radius 2 is 1.71 bits per heavy atom. The molecule has 0 saturated heterocycles. The fourth-order valence-electron chi connectivity index (χ4n) is 2.17. The van der Waals surface area contributed by atoms with Crippen LogP contribution in [-0.4, -0.2) is 37.8 Å². The standard InChI is InChI=1S/C16H25F3N2/c1-13(2)11-20-12-15(14-7-5-4-6-8-14)21(3)10-9-16(17,18)19/h4-8,13,15,20H,9-12H2,1-3H3. The lowest BCUT2D eigenvalue weighted by Gasteiger charge is -2.29. The van der Waals surface area contributed by atoms with Crippen molar-refractivity contribution < 1.29 is 13.2 Å². The molecule has 0 aliphatic heterocycles. The molecule has 0 bridgehead atoms. The van der Waals surface area contributed by atoms with Crippen LogP contribution < -0.4 is 5.32 Å². The van der Waals surface area contributed by atoms with Crippen LogP contribution in [0.15, 0.2) is 30.3 Å². The molecule has 0 amide bonds. The number of likely N-dealkylation sites (N-methyl/N-ethyl adjacent to an activating group) is 1. The summed E-state index contributed by atoms with van der Waals surface area (Å²) in [4.78, 5) is 1.77. The number of hydrogen-bond acceptors (Lipinski definition) is 2. The number of nitrogens with one attached hydrogen (secondary N) is 1. The molecule has 0 aliphatic carbocycles. The van der Waals surface area contributed by atoms with Crippen molar-refractivity contribution in [1.82, 2.24) is 10.2 Å². The van der Waals surface area contributed by atoms with E-state index in [1.54, 1.807) is 11.9 Å². The molecule has 0 radical (unpaired) electrons. The highest BCUT2D eigenvalue weighted by Crippen LogP contribution is 2.23. The first-order chi connectivity index (χ1) is 9.79. The first-order valence-corrected chi connectivity index (χ1v) is 7.32. The van der Waals surface area contributed by atoms with Gasteiger partial charge in [0.2, 0.25) is 0 Å². The zero-order chi connectivity index (χ0) is 15.9. The predicted octanol–water partition coefficient (Wildman–Crippen LogP) is 3.86. The van der Waals surface area contributed by atoms with E-state index >= 15 is 0 Å². The Balaban J connectivity index is 2.67. The second-order valence-electron chi connectivity index (χ2n) is 5.82. The molecule has 1 atom stereocenters. The minimum Gasteiger partial charge on any atom is -0.315 e. The number of rotatable bonds is 8. The zero-order valence-electron chi connectivity index (χ0n) is 13.0. The fourth-order valence-corrected chi connectivity index (χ4v) is 2.17. The van der Waals surface area contributed by atoms with Gasteiger partial charge in [-0.15, -0.1) is 0 Å². The molecule has 21 heavy (non-hydrogen) atoms. The van der Waals surface area contributed by atoms with E-state index in [0.29, 0.717) is 12.5 Å². The van der Waals surface area contributed by atoms with E-state index in [0.717, 1.165) is 12.1 Å². The Labute approximate surface area is 125 Å². The molecular formula is C16H25F3N2. The maximum Gasteiger partial charge on any atom is 0.390 e. The van der Waals surface area contributed by atoms with Crippen LogP contribution in [0.4, 0.5) is 13.2 Å². The molecule has 0 saturated carbocycles. The molecule has 1 aromatic carbocycles. The van der Waals surface area contributed by atoms with Gasteiger partial charge in [-0.25, -0.2) is 0 Å². The largest absolute Gasteiger partial charge is 0.390 e. The van der Waals surface area contributed by atoms with Gasteiger partial charge in [0.1, 0.15) is 0 Å². The number of halogens is 3. The number of nitrogens with zero attached hydrogens (tertiary/aromatic N) is 1. The second-order valence-corrected chi connectivity index (χ2v) is 5.82. The van der Waals surface area contributed by atoms with Crippen LogP contribution in [0, 0.1) is 5.92 Å². The van der Waals surface area contributed by atoms with Crippen LogP contribution in [0.3, 0.4) is 0 Å². The molecule has 1 unspecified atom stereocenters. The Kier molecular flexibility index (Phi) is 7.18. The average Bonchev–Trinajstić information content (AvgIpc) is 2.41. The number of hydrogen-bond donors (Lipinski definition) is 1. The second kappa shape index (κ2) is 8.39. The van der Waals surface area contributed by atoms with Gasteiger partial charge in [-0.2, -0.15) is 13.2 Å². The Morgan fingerprint density at radius 3 is 2.24 bits per heavy atom. The fraction of sp³-hybridized carbons (Fsp3) is 0.625. The highest BCUT2D eigenvalue weighted by atomic mass is 19.4. The SMILES string of the molecule is CC(C)CNCC(c1ccccc1)N(C)CCC(F)(F)F. The lowest BCUT2D eigenvalue weighted by Crippen LogP contribution is -2.36. The predicted molar refractivity (Wildman–Crippen MR) is 80.2 cm³/mol. The summed E-state index contributed by atoms with van der Waals surface area (Å²) in [6.07, 6.45) is -4.89.